The Morgan fingerprint density at radius 3 is 2.24 bits per heavy atom. The summed E-state index contributed by atoms with van der Waals surface area (Å²) in [6.45, 7) is 2.89. The average molecular weight is 490 g/mol. The van der Waals surface area contributed by atoms with Crippen LogP contribution in [0, 0.1) is 17.6 Å². The van der Waals surface area contributed by atoms with E-state index in [4.69, 9.17) is 20.8 Å². The minimum atomic E-state index is -3.67. The molecule has 0 aliphatic carbocycles. The quantitative estimate of drug-likeness (QED) is 0.348. The third-order valence-corrected chi connectivity index (χ3v) is 5.60. The van der Waals surface area contributed by atoms with E-state index in [1.54, 1.807) is 0 Å². The van der Waals surface area contributed by atoms with Crippen LogP contribution < -0.4 is 21.8 Å². The number of nitrogens with zero attached hydrogens (tertiary/aromatic N) is 2. The van der Waals surface area contributed by atoms with E-state index in [1.165, 1.54) is 9.47 Å². The van der Waals surface area contributed by atoms with E-state index in [0.29, 0.717) is 12.8 Å². The molecule has 2 saturated heterocycles. The maximum absolute atomic E-state index is 15.6. The molecule has 14 heteroatoms. The fraction of sp³-hybridized carbons (Fsp3) is 0.474. The van der Waals surface area contributed by atoms with E-state index in [0.717, 1.165) is 6.20 Å². The SMILES string of the molecule is CC1CN(c2c(F)c(N)c3c(=O)c(C(=O)O)cn(C4COC4)c3c2F)CC1N.CS(=O)(=O)O. The molecule has 2 aliphatic rings. The van der Waals surface area contributed by atoms with Crippen molar-refractivity contribution < 1.29 is 36.4 Å². The molecule has 0 radical (unpaired) electrons. The van der Waals surface area contributed by atoms with Crippen LogP contribution in [0.15, 0.2) is 11.0 Å². The van der Waals surface area contributed by atoms with Crippen molar-refractivity contribution in [3.8, 4) is 0 Å². The van der Waals surface area contributed by atoms with Crippen molar-refractivity contribution in [2.24, 2.45) is 11.7 Å². The zero-order valence-electron chi connectivity index (χ0n) is 17.8. The second kappa shape index (κ2) is 8.85. The second-order valence-corrected chi connectivity index (χ2v) is 9.63. The molecule has 0 amide bonds. The first kappa shape index (κ1) is 24.8. The van der Waals surface area contributed by atoms with Gasteiger partial charge in [0.15, 0.2) is 11.6 Å². The van der Waals surface area contributed by atoms with Crippen molar-refractivity contribution in [3.05, 3.63) is 33.6 Å². The lowest BCUT2D eigenvalue weighted by atomic mass is 10.0. The van der Waals surface area contributed by atoms with E-state index < -0.39 is 49.8 Å². The first-order chi connectivity index (χ1) is 15.2. The molecular weight excluding hydrogens is 466 g/mol. The molecule has 0 spiro atoms. The average Bonchev–Trinajstić information content (AvgIpc) is 2.96. The monoisotopic (exact) mass is 490 g/mol. The molecular formula is C19H24F2N4O7S. The first-order valence-corrected chi connectivity index (χ1v) is 11.7. The number of nitrogen functional groups attached to an aromatic ring is 1. The summed E-state index contributed by atoms with van der Waals surface area (Å²) in [5.74, 6) is -3.51. The number of carboxylic acid groups (broad SMARTS) is 1. The molecule has 11 nitrogen and oxygen atoms in total. The van der Waals surface area contributed by atoms with Crippen molar-refractivity contribution in [2.75, 3.05) is 43.2 Å². The Balaban J connectivity index is 0.000000555. The van der Waals surface area contributed by atoms with Gasteiger partial charge < -0.3 is 30.8 Å². The zero-order valence-corrected chi connectivity index (χ0v) is 18.6. The Bertz CT molecular complexity index is 1260. The highest BCUT2D eigenvalue weighted by atomic mass is 32.2. The largest absolute Gasteiger partial charge is 0.477 e. The Labute approximate surface area is 187 Å². The van der Waals surface area contributed by atoms with E-state index in [-0.39, 0.29) is 49.0 Å². The zero-order chi connectivity index (χ0) is 24.8. The second-order valence-electron chi connectivity index (χ2n) is 8.17. The number of fused-ring (bicyclic) bond motifs is 1. The van der Waals surface area contributed by atoms with Gasteiger partial charge in [0.05, 0.1) is 42.1 Å². The van der Waals surface area contributed by atoms with Gasteiger partial charge in [-0.05, 0) is 5.92 Å². The summed E-state index contributed by atoms with van der Waals surface area (Å²) in [4.78, 5) is 25.6. The number of aromatic carboxylic acids is 1. The maximum atomic E-state index is 15.6. The van der Waals surface area contributed by atoms with Crippen LogP contribution in [0.1, 0.15) is 23.3 Å². The number of hydrogen-bond acceptors (Lipinski definition) is 8. The summed E-state index contributed by atoms with van der Waals surface area (Å²) < 4.78 is 63.0. The van der Waals surface area contributed by atoms with Gasteiger partial charge in [0.1, 0.15) is 11.3 Å². The highest BCUT2D eigenvalue weighted by Crippen LogP contribution is 2.38. The van der Waals surface area contributed by atoms with Crippen molar-refractivity contribution in [3.63, 3.8) is 0 Å². The number of nitrogens with two attached hydrogens (primary N) is 2. The number of carboxylic acids is 1. The normalized spacial score (nSPS) is 21.0. The molecule has 2 aliphatic heterocycles. The summed E-state index contributed by atoms with van der Waals surface area (Å²) in [5, 5.41) is 8.87. The highest BCUT2D eigenvalue weighted by Gasteiger charge is 2.35. The fourth-order valence-corrected chi connectivity index (χ4v) is 3.83. The molecule has 182 valence electrons. The van der Waals surface area contributed by atoms with Crippen LogP contribution in [0.4, 0.5) is 20.2 Å². The number of hydrogen-bond donors (Lipinski definition) is 4. The summed E-state index contributed by atoms with van der Waals surface area (Å²) in [6, 6.07) is -0.638. The number of anilines is 2. The number of pyridine rings is 1. The molecule has 4 rings (SSSR count). The summed E-state index contributed by atoms with van der Waals surface area (Å²) in [7, 11) is -3.67. The van der Waals surface area contributed by atoms with Crippen molar-refractivity contribution in [1.82, 2.24) is 4.57 Å². The molecule has 0 saturated carbocycles. The Kier molecular flexibility index (Phi) is 6.66. The third kappa shape index (κ3) is 4.78. The lowest BCUT2D eigenvalue weighted by molar-refractivity contribution is -0.0219. The van der Waals surface area contributed by atoms with Gasteiger partial charge >= 0.3 is 5.97 Å². The van der Waals surface area contributed by atoms with Gasteiger partial charge in [0, 0.05) is 25.3 Å². The molecule has 2 atom stereocenters. The van der Waals surface area contributed by atoms with Crippen LogP contribution in [0.5, 0.6) is 0 Å². The number of ether oxygens (including phenoxy) is 1. The van der Waals surface area contributed by atoms with Crippen molar-refractivity contribution in [1.29, 1.82) is 0 Å². The number of rotatable bonds is 3. The van der Waals surface area contributed by atoms with Gasteiger partial charge in [-0.25, -0.2) is 13.6 Å². The van der Waals surface area contributed by atoms with E-state index >= 15 is 8.78 Å². The van der Waals surface area contributed by atoms with E-state index in [1.807, 2.05) is 6.92 Å². The number of benzene rings is 1. The molecule has 33 heavy (non-hydrogen) atoms. The molecule has 0 bridgehead atoms. The van der Waals surface area contributed by atoms with Gasteiger partial charge in [-0.15, -0.1) is 0 Å². The van der Waals surface area contributed by atoms with E-state index in [9.17, 15) is 23.1 Å². The molecule has 6 N–H and O–H groups in total. The lowest BCUT2D eigenvalue weighted by Gasteiger charge is -2.31. The Morgan fingerprint density at radius 2 is 1.82 bits per heavy atom. The highest BCUT2D eigenvalue weighted by molar-refractivity contribution is 7.85. The van der Waals surface area contributed by atoms with Crippen molar-refractivity contribution >= 4 is 38.4 Å². The number of halogens is 2. The van der Waals surface area contributed by atoms with Crippen LogP contribution in [0.3, 0.4) is 0 Å². The predicted molar refractivity (Wildman–Crippen MR) is 116 cm³/mol. The third-order valence-electron chi connectivity index (χ3n) is 5.60. The van der Waals surface area contributed by atoms with E-state index in [2.05, 4.69) is 0 Å². The first-order valence-electron chi connectivity index (χ1n) is 9.81. The predicted octanol–water partition coefficient (Wildman–Crippen LogP) is 0.419. The van der Waals surface area contributed by atoms with Gasteiger partial charge in [0.25, 0.3) is 10.1 Å². The van der Waals surface area contributed by atoms with Crippen LogP contribution in [0.2, 0.25) is 0 Å². The maximum Gasteiger partial charge on any atom is 0.341 e. The summed E-state index contributed by atoms with van der Waals surface area (Å²) in [6.07, 6.45) is 1.79. The standard InChI is InChI=1S/C18H20F2N4O4.CH4O3S/c1-7-2-23(4-10(7)21)16-12(19)14(22)11-15(13(16)20)24(8-5-28-6-8)3-9(17(11)25)18(26)27;1-5(2,3)4/h3,7-8,10H,2,4-6,21-22H2,1H3,(H,26,27);1H3,(H,2,3,4). The fourth-order valence-electron chi connectivity index (χ4n) is 3.83. The number of aromatic nitrogens is 1. The summed E-state index contributed by atoms with van der Waals surface area (Å²) in [5.41, 5.74) is 9.12. The van der Waals surface area contributed by atoms with Crippen LogP contribution in [-0.2, 0) is 14.9 Å². The molecule has 1 aromatic carbocycles. The van der Waals surface area contributed by atoms with Gasteiger partial charge in [-0.1, -0.05) is 6.92 Å². The van der Waals surface area contributed by atoms with Gasteiger partial charge in [-0.3, -0.25) is 9.35 Å². The Hall–Kier alpha value is -2.81. The lowest BCUT2D eigenvalue weighted by Crippen LogP contribution is -2.34. The summed E-state index contributed by atoms with van der Waals surface area (Å²) >= 11 is 0. The molecule has 2 unspecified atom stereocenters. The van der Waals surface area contributed by atoms with Gasteiger partial charge in [0.2, 0.25) is 5.43 Å². The minimum absolute atomic E-state index is 0.0207. The molecule has 2 aromatic rings. The number of carbonyl (C=O) groups is 1. The van der Waals surface area contributed by atoms with Gasteiger partial charge in [-0.2, -0.15) is 8.42 Å². The van der Waals surface area contributed by atoms with Crippen LogP contribution >= 0.6 is 0 Å². The molecule has 3 heterocycles. The minimum Gasteiger partial charge on any atom is -0.477 e. The van der Waals surface area contributed by atoms with Crippen LogP contribution in [-0.4, -0.2) is 67.2 Å². The van der Waals surface area contributed by atoms with Crippen molar-refractivity contribution in [2.45, 2.75) is 19.0 Å². The topological polar surface area (TPSA) is 178 Å². The smallest absolute Gasteiger partial charge is 0.341 e. The molecule has 1 aromatic heterocycles. The van der Waals surface area contributed by atoms with Crippen LogP contribution in [0.25, 0.3) is 10.9 Å². The Morgan fingerprint density at radius 1 is 1.24 bits per heavy atom. The molecule has 2 fully saturated rings.